The minimum atomic E-state index is -0.160. The van der Waals surface area contributed by atoms with E-state index in [1.165, 1.54) is 0 Å². The molecule has 0 aliphatic heterocycles. The maximum atomic E-state index is 11.8. The molecule has 0 bridgehead atoms. The van der Waals surface area contributed by atoms with Gasteiger partial charge in [-0.2, -0.15) is 0 Å². The Kier molecular flexibility index (Phi) is 15.7. The van der Waals surface area contributed by atoms with Crippen LogP contribution in [-0.4, -0.2) is 38.4 Å². The molecule has 0 amide bonds. The second kappa shape index (κ2) is 16.4. The van der Waals surface area contributed by atoms with E-state index in [4.69, 9.17) is 14.2 Å². The summed E-state index contributed by atoms with van der Waals surface area (Å²) in [5.74, 6) is -0.428. The van der Waals surface area contributed by atoms with Gasteiger partial charge in [0.05, 0.1) is 25.0 Å². The highest BCUT2D eigenvalue weighted by Crippen LogP contribution is 2.11. The first-order chi connectivity index (χ1) is 12.0. The van der Waals surface area contributed by atoms with E-state index in [1.807, 2.05) is 13.8 Å². The van der Waals surface area contributed by atoms with Gasteiger partial charge in [0.25, 0.3) is 0 Å². The molecule has 0 spiro atoms. The first kappa shape index (κ1) is 23.9. The van der Waals surface area contributed by atoms with Gasteiger partial charge in [-0.1, -0.05) is 66.2 Å². The molecule has 0 aliphatic rings. The SMILES string of the molecule is CCCCCC(C)C(=O)OCCOCCOC(=O)C(C)CCCCC. The van der Waals surface area contributed by atoms with Crippen molar-refractivity contribution in [1.29, 1.82) is 0 Å². The van der Waals surface area contributed by atoms with E-state index < -0.39 is 0 Å². The fraction of sp³-hybridized carbons (Fsp3) is 0.900. The van der Waals surface area contributed by atoms with Gasteiger partial charge >= 0.3 is 11.9 Å². The molecule has 148 valence electrons. The number of esters is 2. The van der Waals surface area contributed by atoms with Gasteiger partial charge in [0.2, 0.25) is 0 Å². The molecule has 0 aromatic heterocycles. The topological polar surface area (TPSA) is 61.8 Å². The lowest BCUT2D eigenvalue weighted by Crippen LogP contribution is -2.20. The summed E-state index contributed by atoms with van der Waals surface area (Å²) in [5.41, 5.74) is 0. The fourth-order valence-corrected chi connectivity index (χ4v) is 2.43. The Hall–Kier alpha value is -1.10. The van der Waals surface area contributed by atoms with Crippen LogP contribution >= 0.6 is 0 Å². The maximum absolute atomic E-state index is 11.8. The maximum Gasteiger partial charge on any atom is 0.308 e. The lowest BCUT2D eigenvalue weighted by molar-refractivity contribution is -0.151. The summed E-state index contributed by atoms with van der Waals surface area (Å²) in [4.78, 5) is 23.5. The van der Waals surface area contributed by atoms with E-state index >= 15 is 0 Å². The second-order valence-corrected chi connectivity index (χ2v) is 6.74. The highest BCUT2D eigenvalue weighted by molar-refractivity contribution is 5.72. The number of hydrogen-bond acceptors (Lipinski definition) is 5. The molecule has 25 heavy (non-hydrogen) atoms. The normalized spacial score (nSPS) is 13.3. The molecule has 0 rings (SSSR count). The highest BCUT2D eigenvalue weighted by atomic mass is 16.6. The lowest BCUT2D eigenvalue weighted by Gasteiger charge is -2.12. The standard InChI is InChI=1S/C20H38O5/c1-5-7-9-11-17(3)19(21)24-15-13-23-14-16-25-20(22)18(4)12-10-8-6-2/h17-18H,5-16H2,1-4H3. The van der Waals surface area contributed by atoms with E-state index in [-0.39, 0.29) is 37.0 Å². The summed E-state index contributed by atoms with van der Waals surface area (Å²) in [6, 6.07) is 0. The quantitative estimate of drug-likeness (QED) is 0.300. The number of carbonyl (C=O) groups excluding carboxylic acids is 2. The van der Waals surface area contributed by atoms with Crippen LogP contribution in [-0.2, 0) is 23.8 Å². The Bertz CT molecular complexity index is 311. The minimum Gasteiger partial charge on any atom is -0.463 e. The number of ether oxygens (including phenoxy) is 3. The van der Waals surface area contributed by atoms with Crippen molar-refractivity contribution in [2.75, 3.05) is 26.4 Å². The molecule has 0 fully saturated rings. The fourth-order valence-electron chi connectivity index (χ4n) is 2.43. The Morgan fingerprint density at radius 1 is 0.680 bits per heavy atom. The van der Waals surface area contributed by atoms with Gasteiger partial charge < -0.3 is 14.2 Å². The average molecular weight is 359 g/mol. The summed E-state index contributed by atoms with van der Waals surface area (Å²) < 4.78 is 15.7. The summed E-state index contributed by atoms with van der Waals surface area (Å²) in [6.45, 7) is 9.25. The van der Waals surface area contributed by atoms with Crippen molar-refractivity contribution < 1.29 is 23.8 Å². The van der Waals surface area contributed by atoms with E-state index in [1.54, 1.807) is 0 Å². The molecular formula is C20H38O5. The molecular weight excluding hydrogens is 320 g/mol. The Balaban J connectivity index is 3.54. The van der Waals surface area contributed by atoms with Gasteiger partial charge in [-0.3, -0.25) is 9.59 Å². The first-order valence-corrected chi connectivity index (χ1v) is 9.93. The van der Waals surface area contributed by atoms with Crippen LogP contribution < -0.4 is 0 Å². The lowest BCUT2D eigenvalue weighted by atomic mass is 10.0. The monoisotopic (exact) mass is 358 g/mol. The van der Waals surface area contributed by atoms with Crippen molar-refractivity contribution in [2.24, 2.45) is 11.8 Å². The van der Waals surface area contributed by atoms with Crippen LogP contribution in [0, 0.1) is 11.8 Å². The van der Waals surface area contributed by atoms with Crippen LogP contribution in [0.2, 0.25) is 0 Å². The summed E-state index contributed by atoms with van der Waals surface area (Å²) in [7, 11) is 0. The van der Waals surface area contributed by atoms with Gasteiger partial charge in [-0.15, -0.1) is 0 Å². The van der Waals surface area contributed by atoms with Gasteiger partial charge in [0.15, 0.2) is 0 Å². The summed E-state index contributed by atoms with van der Waals surface area (Å²) in [6.07, 6.45) is 8.47. The van der Waals surface area contributed by atoms with Crippen LogP contribution in [0.25, 0.3) is 0 Å². The molecule has 5 nitrogen and oxygen atoms in total. The number of carbonyl (C=O) groups is 2. The molecule has 0 saturated carbocycles. The largest absolute Gasteiger partial charge is 0.463 e. The summed E-state index contributed by atoms with van der Waals surface area (Å²) in [5, 5.41) is 0. The summed E-state index contributed by atoms with van der Waals surface area (Å²) >= 11 is 0. The van der Waals surface area contributed by atoms with E-state index in [2.05, 4.69) is 13.8 Å². The number of rotatable bonds is 16. The minimum absolute atomic E-state index is 0.0540. The molecule has 0 N–H and O–H groups in total. The van der Waals surface area contributed by atoms with Crippen LogP contribution in [0.15, 0.2) is 0 Å². The molecule has 0 saturated heterocycles. The highest BCUT2D eigenvalue weighted by Gasteiger charge is 2.14. The van der Waals surface area contributed by atoms with Crippen molar-refractivity contribution in [3.8, 4) is 0 Å². The second-order valence-electron chi connectivity index (χ2n) is 6.74. The Morgan fingerprint density at radius 3 is 1.44 bits per heavy atom. The van der Waals surface area contributed by atoms with Crippen molar-refractivity contribution in [2.45, 2.75) is 79.1 Å². The molecule has 0 aromatic carbocycles. The number of unbranched alkanes of at least 4 members (excludes halogenated alkanes) is 4. The van der Waals surface area contributed by atoms with Gasteiger partial charge in [0.1, 0.15) is 13.2 Å². The molecule has 2 atom stereocenters. The van der Waals surface area contributed by atoms with E-state index in [9.17, 15) is 9.59 Å². The third-order valence-electron chi connectivity index (χ3n) is 4.23. The van der Waals surface area contributed by atoms with Crippen molar-refractivity contribution in [3.63, 3.8) is 0 Å². The van der Waals surface area contributed by atoms with Crippen molar-refractivity contribution in [1.82, 2.24) is 0 Å². The molecule has 0 radical (unpaired) electrons. The smallest absolute Gasteiger partial charge is 0.308 e. The predicted octanol–water partition coefficient (Wildman–Crippen LogP) is 4.52. The van der Waals surface area contributed by atoms with Crippen LogP contribution in [0.3, 0.4) is 0 Å². The molecule has 5 heteroatoms. The van der Waals surface area contributed by atoms with Gasteiger partial charge in [-0.25, -0.2) is 0 Å². The zero-order chi connectivity index (χ0) is 18.9. The third kappa shape index (κ3) is 13.8. The number of hydrogen-bond donors (Lipinski definition) is 0. The van der Waals surface area contributed by atoms with Crippen LogP contribution in [0.4, 0.5) is 0 Å². The molecule has 0 aromatic rings. The zero-order valence-corrected chi connectivity index (χ0v) is 16.7. The van der Waals surface area contributed by atoms with E-state index in [0.717, 1.165) is 51.4 Å². The predicted molar refractivity (Wildman–Crippen MR) is 99.3 cm³/mol. The molecule has 0 heterocycles. The Morgan fingerprint density at radius 2 is 1.08 bits per heavy atom. The van der Waals surface area contributed by atoms with Crippen molar-refractivity contribution >= 4 is 11.9 Å². The zero-order valence-electron chi connectivity index (χ0n) is 16.7. The third-order valence-corrected chi connectivity index (χ3v) is 4.23. The van der Waals surface area contributed by atoms with Crippen LogP contribution in [0.5, 0.6) is 0 Å². The average Bonchev–Trinajstić information content (AvgIpc) is 2.60. The Labute approximate surface area is 153 Å². The first-order valence-electron chi connectivity index (χ1n) is 9.93. The van der Waals surface area contributed by atoms with Crippen LogP contribution in [0.1, 0.15) is 79.1 Å². The molecule has 2 unspecified atom stereocenters. The van der Waals surface area contributed by atoms with Crippen molar-refractivity contribution in [3.05, 3.63) is 0 Å². The van der Waals surface area contributed by atoms with E-state index in [0.29, 0.717) is 13.2 Å². The van der Waals surface area contributed by atoms with Gasteiger partial charge in [0, 0.05) is 0 Å². The van der Waals surface area contributed by atoms with Gasteiger partial charge in [-0.05, 0) is 12.8 Å². The molecule has 0 aliphatic carbocycles.